The first-order valence-electron chi connectivity index (χ1n) is 12.6. The number of hydrogen-bond acceptors (Lipinski definition) is 7. The van der Waals surface area contributed by atoms with Gasteiger partial charge in [-0.2, -0.15) is 0 Å². The van der Waals surface area contributed by atoms with Crippen molar-refractivity contribution in [3.8, 4) is 0 Å². The minimum atomic E-state index is -0.310. The second kappa shape index (κ2) is 12.1. The molecule has 0 saturated carbocycles. The summed E-state index contributed by atoms with van der Waals surface area (Å²) in [6.07, 6.45) is 2.06. The Morgan fingerprint density at radius 1 is 1.14 bits per heavy atom. The first-order valence-corrected chi connectivity index (χ1v) is 13.6. The first-order chi connectivity index (χ1) is 17.4. The normalized spacial score (nSPS) is 22.0. The van der Waals surface area contributed by atoms with Crippen LogP contribution in [0.3, 0.4) is 0 Å². The van der Waals surface area contributed by atoms with E-state index in [2.05, 4.69) is 69.7 Å². The number of thioether (sulfide) groups is 1. The predicted molar refractivity (Wildman–Crippen MR) is 142 cm³/mol. The molecule has 4 rings (SSSR count). The van der Waals surface area contributed by atoms with Crippen molar-refractivity contribution in [2.75, 3.05) is 33.3 Å². The van der Waals surface area contributed by atoms with Crippen molar-refractivity contribution in [1.82, 2.24) is 15.5 Å². The molecular formula is C27H36N4O4S. The number of benzene rings is 2. The number of esters is 1. The second-order valence-electron chi connectivity index (χ2n) is 9.62. The van der Waals surface area contributed by atoms with E-state index in [4.69, 9.17) is 5.73 Å². The third-order valence-corrected chi connectivity index (χ3v) is 8.67. The SMILES string of the molecule is COC(=O)C[C@H]1S[C@H]1NC(=O)CNC(=O)[C@H](CN)C1CCN([C@H](C)c2cccc3ccccc23)CC1. The summed E-state index contributed by atoms with van der Waals surface area (Å²) in [6.45, 7) is 4.23. The van der Waals surface area contributed by atoms with E-state index in [0.29, 0.717) is 0 Å². The number of methoxy groups -OCH3 is 1. The Kier molecular flexibility index (Phi) is 8.87. The number of nitrogens with zero attached hydrogens (tertiary/aromatic N) is 1. The number of nitrogens with one attached hydrogen (secondary N) is 2. The van der Waals surface area contributed by atoms with Gasteiger partial charge in [-0.05, 0) is 55.1 Å². The van der Waals surface area contributed by atoms with E-state index in [9.17, 15) is 14.4 Å². The lowest BCUT2D eigenvalue weighted by atomic mass is 9.83. The highest BCUT2D eigenvalue weighted by atomic mass is 32.2. The van der Waals surface area contributed by atoms with Crippen molar-refractivity contribution < 1.29 is 19.1 Å². The number of carbonyl (C=O) groups excluding carboxylic acids is 3. The number of carbonyl (C=O) groups is 3. The van der Waals surface area contributed by atoms with E-state index in [1.807, 2.05) is 0 Å². The monoisotopic (exact) mass is 512 g/mol. The van der Waals surface area contributed by atoms with E-state index in [1.165, 1.54) is 35.2 Å². The van der Waals surface area contributed by atoms with E-state index < -0.39 is 0 Å². The Bertz CT molecular complexity index is 1080. The fourth-order valence-corrected chi connectivity index (χ4v) is 6.10. The molecular weight excluding hydrogens is 476 g/mol. The Morgan fingerprint density at radius 2 is 1.86 bits per heavy atom. The van der Waals surface area contributed by atoms with Gasteiger partial charge < -0.3 is 21.1 Å². The van der Waals surface area contributed by atoms with Crippen LogP contribution in [0.5, 0.6) is 0 Å². The molecule has 2 saturated heterocycles. The van der Waals surface area contributed by atoms with Gasteiger partial charge in [0.2, 0.25) is 11.8 Å². The topological polar surface area (TPSA) is 114 Å². The second-order valence-corrected chi connectivity index (χ2v) is 11.0. The van der Waals surface area contributed by atoms with Gasteiger partial charge in [0.15, 0.2) is 0 Å². The zero-order valence-electron chi connectivity index (χ0n) is 20.9. The average molecular weight is 513 g/mol. The summed E-state index contributed by atoms with van der Waals surface area (Å²) in [7, 11) is 1.35. The van der Waals surface area contributed by atoms with E-state index in [0.717, 1.165) is 25.9 Å². The highest BCUT2D eigenvalue weighted by Crippen LogP contribution is 2.41. The van der Waals surface area contributed by atoms with Crippen molar-refractivity contribution >= 4 is 40.3 Å². The smallest absolute Gasteiger partial charge is 0.306 e. The summed E-state index contributed by atoms with van der Waals surface area (Å²) >= 11 is 1.51. The van der Waals surface area contributed by atoms with E-state index in [-0.39, 0.29) is 65.8 Å². The van der Waals surface area contributed by atoms with Gasteiger partial charge in [-0.25, -0.2) is 0 Å². The molecule has 0 aliphatic carbocycles. The summed E-state index contributed by atoms with van der Waals surface area (Å²) in [5.41, 5.74) is 7.33. The van der Waals surface area contributed by atoms with Crippen LogP contribution in [0, 0.1) is 11.8 Å². The Hall–Kier alpha value is -2.62. The van der Waals surface area contributed by atoms with Crippen molar-refractivity contribution in [2.24, 2.45) is 17.6 Å². The molecule has 8 nitrogen and oxygen atoms in total. The predicted octanol–water partition coefficient (Wildman–Crippen LogP) is 2.42. The molecule has 0 unspecified atom stereocenters. The first kappa shape index (κ1) is 26.4. The molecule has 2 fully saturated rings. The molecule has 36 heavy (non-hydrogen) atoms. The lowest BCUT2D eigenvalue weighted by Gasteiger charge is -2.38. The van der Waals surface area contributed by atoms with Crippen LogP contribution < -0.4 is 16.4 Å². The van der Waals surface area contributed by atoms with Gasteiger partial charge in [-0.3, -0.25) is 19.3 Å². The average Bonchev–Trinajstić information content (AvgIpc) is 3.63. The van der Waals surface area contributed by atoms with Gasteiger partial charge in [-0.1, -0.05) is 42.5 Å². The van der Waals surface area contributed by atoms with Crippen molar-refractivity contribution in [3.05, 3.63) is 48.0 Å². The van der Waals surface area contributed by atoms with Gasteiger partial charge in [0.25, 0.3) is 0 Å². The molecule has 2 aromatic rings. The summed E-state index contributed by atoms with van der Waals surface area (Å²) in [5, 5.41) is 8.07. The van der Waals surface area contributed by atoms with Gasteiger partial charge in [0.1, 0.15) is 0 Å². The van der Waals surface area contributed by atoms with Gasteiger partial charge in [-0.15, -0.1) is 11.8 Å². The highest BCUT2D eigenvalue weighted by molar-refractivity contribution is 8.07. The van der Waals surface area contributed by atoms with Crippen molar-refractivity contribution in [1.29, 1.82) is 0 Å². The van der Waals surface area contributed by atoms with Gasteiger partial charge in [0, 0.05) is 17.8 Å². The maximum absolute atomic E-state index is 12.9. The minimum Gasteiger partial charge on any atom is -0.469 e. The van der Waals surface area contributed by atoms with E-state index in [1.54, 1.807) is 0 Å². The van der Waals surface area contributed by atoms with Crippen LogP contribution >= 0.6 is 11.8 Å². The molecule has 2 amide bonds. The molecule has 4 atom stereocenters. The molecule has 2 aliphatic heterocycles. The molecule has 194 valence electrons. The molecule has 0 spiro atoms. The van der Waals surface area contributed by atoms with Crippen LogP contribution in [0.25, 0.3) is 10.8 Å². The fraction of sp³-hybridized carbons (Fsp3) is 0.519. The van der Waals surface area contributed by atoms with Gasteiger partial charge >= 0.3 is 5.97 Å². The number of ether oxygens (including phenoxy) is 1. The zero-order chi connectivity index (χ0) is 25.7. The zero-order valence-corrected chi connectivity index (χ0v) is 21.8. The van der Waals surface area contributed by atoms with E-state index >= 15 is 0 Å². The number of hydrogen-bond donors (Lipinski definition) is 3. The molecule has 0 bridgehead atoms. The molecule has 2 heterocycles. The van der Waals surface area contributed by atoms with Gasteiger partial charge in [0.05, 0.1) is 31.4 Å². The third kappa shape index (κ3) is 6.38. The van der Waals surface area contributed by atoms with Crippen LogP contribution in [0.1, 0.15) is 37.8 Å². The molecule has 2 aromatic carbocycles. The van der Waals surface area contributed by atoms with Crippen LogP contribution in [-0.2, 0) is 19.1 Å². The lowest BCUT2D eigenvalue weighted by Crippen LogP contribution is -2.47. The number of likely N-dealkylation sites (tertiary alicyclic amines) is 1. The van der Waals surface area contributed by atoms with Crippen molar-refractivity contribution in [3.63, 3.8) is 0 Å². The standard InChI is InChI=1S/C27H36N4O4S/c1-17(20-9-5-7-18-6-3-4-8-21(18)20)31-12-10-19(11-13-31)22(15-28)26(34)29-16-24(32)30-27-23(36-27)14-25(33)35-2/h3-9,17,19,22-23,27H,10-16,28H2,1-2H3,(H,29,34)(H,30,32)/t17-,22-,23-,27-/m1/s1. The molecule has 0 radical (unpaired) electrons. The summed E-state index contributed by atoms with van der Waals surface area (Å²) in [6, 6.07) is 15.2. The number of amides is 2. The van der Waals surface area contributed by atoms with Crippen molar-refractivity contribution in [2.45, 2.75) is 42.9 Å². The maximum atomic E-state index is 12.9. The van der Waals surface area contributed by atoms with Crippen LogP contribution in [-0.4, -0.2) is 66.6 Å². The number of nitrogens with two attached hydrogens (primary N) is 1. The molecule has 0 aromatic heterocycles. The number of piperidine rings is 1. The summed E-state index contributed by atoms with van der Waals surface area (Å²) in [5.74, 6) is -0.834. The molecule has 2 aliphatic rings. The maximum Gasteiger partial charge on any atom is 0.306 e. The molecule has 4 N–H and O–H groups in total. The summed E-state index contributed by atoms with van der Waals surface area (Å²) in [4.78, 5) is 38.9. The number of fused-ring (bicyclic) bond motifs is 1. The van der Waals surface area contributed by atoms with Crippen LogP contribution in [0.4, 0.5) is 0 Å². The Balaban J connectivity index is 1.24. The fourth-order valence-electron chi connectivity index (χ4n) is 5.21. The molecule has 9 heteroatoms. The largest absolute Gasteiger partial charge is 0.469 e. The minimum absolute atomic E-state index is 0.0374. The quantitative estimate of drug-likeness (QED) is 0.331. The Morgan fingerprint density at radius 3 is 2.58 bits per heavy atom. The van der Waals surface area contributed by atoms with Crippen LogP contribution in [0.2, 0.25) is 0 Å². The lowest BCUT2D eigenvalue weighted by molar-refractivity contribution is -0.140. The third-order valence-electron chi connectivity index (χ3n) is 7.46. The highest BCUT2D eigenvalue weighted by Gasteiger charge is 2.41. The number of rotatable bonds is 10. The summed E-state index contributed by atoms with van der Waals surface area (Å²) < 4.78 is 4.65. The Labute approximate surface area is 216 Å². The van der Waals surface area contributed by atoms with Crippen LogP contribution in [0.15, 0.2) is 42.5 Å².